The van der Waals surface area contributed by atoms with E-state index in [4.69, 9.17) is 5.73 Å². The molecule has 2 aromatic rings. The Kier molecular flexibility index (Phi) is 5.74. The van der Waals surface area contributed by atoms with E-state index < -0.39 is 11.9 Å². The predicted octanol–water partition coefficient (Wildman–Crippen LogP) is 2.79. The standard InChI is InChI=1S/C19H24N2O2/c1-3-13(2)18(19(20)23)21-17(22)11-9-14-8-10-15-6-4-5-7-16(15)12-14/h4-8,10,12-13,18H,3,9,11H2,1-2H3,(H2,20,23)(H,21,22)/t13-,18-/m0/s1. The van der Waals surface area contributed by atoms with E-state index in [0.717, 1.165) is 12.0 Å². The van der Waals surface area contributed by atoms with Crippen LogP contribution in [0.15, 0.2) is 42.5 Å². The highest BCUT2D eigenvalue weighted by molar-refractivity contribution is 5.87. The SMILES string of the molecule is CC[C@H](C)[C@H](NC(=O)CCc1ccc2ccccc2c1)C(N)=O. The molecule has 23 heavy (non-hydrogen) atoms. The van der Waals surface area contributed by atoms with Gasteiger partial charge in [0.25, 0.3) is 0 Å². The molecule has 0 bridgehead atoms. The van der Waals surface area contributed by atoms with Gasteiger partial charge in [0.15, 0.2) is 0 Å². The van der Waals surface area contributed by atoms with Crippen LogP contribution in [0.1, 0.15) is 32.3 Å². The number of benzene rings is 2. The topological polar surface area (TPSA) is 72.2 Å². The lowest BCUT2D eigenvalue weighted by Crippen LogP contribution is -2.48. The summed E-state index contributed by atoms with van der Waals surface area (Å²) in [6.45, 7) is 3.89. The Bertz CT molecular complexity index is 697. The van der Waals surface area contributed by atoms with Crippen molar-refractivity contribution in [1.82, 2.24) is 5.32 Å². The number of fused-ring (bicyclic) bond motifs is 1. The molecule has 0 aliphatic heterocycles. The van der Waals surface area contributed by atoms with Gasteiger partial charge >= 0.3 is 0 Å². The maximum Gasteiger partial charge on any atom is 0.240 e. The molecule has 2 rings (SSSR count). The first-order valence-corrected chi connectivity index (χ1v) is 8.07. The van der Waals surface area contributed by atoms with Gasteiger partial charge in [0.1, 0.15) is 6.04 Å². The molecule has 2 aromatic carbocycles. The number of nitrogens with one attached hydrogen (secondary N) is 1. The van der Waals surface area contributed by atoms with Crippen molar-refractivity contribution in [2.24, 2.45) is 11.7 Å². The van der Waals surface area contributed by atoms with Crippen molar-refractivity contribution in [3.05, 3.63) is 48.0 Å². The normalized spacial score (nSPS) is 13.5. The lowest BCUT2D eigenvalue weighted by atomic mass is 9.98. The molecule has 0 radical (unpaired) electrons. The average Bonchev–Trinajstić information content (AvgIpc) is 2.56. The van der Waals surface area contributed by atoms with Crippen molar-refractivity contribution in [2.45, 2.75) is 39.2 Å². The van der Waals surface area contributed by atoms with Crippen LogP contribution < -0.4 is 11.1 Å². The van der Waals surface area contributed by atoms with Crippen LogP contribution in [0.3, 0.4) is 0 Å². The molecular formula is C19H24N2O2. The number of carbonyl (C=O) groups is 2. The summed E-state index contributed by atoms with van der Waals surface area (Å²) in [5, 5.41) is 5.11. The zero-order chi connectivity index (χ0) is 16.8. The van der Waals surface area contributed by atoms with Gasteiger partial charge in [0.2, 0.25) is 11.8 Å². The number of rotatable bonds is 7. The second-order valence-electron chi connectivity index (χ2n) is 6.01. The van der Waals surface area contributed by atoms with E-state index in [1.54, 1.807) is 0 Å². The fourth-order valence-corrected chi connectivity index (χ4v) is 2.63. The van der Waals surface area contributed by atoms with Crippen LogP contribution in [-0.4, -0.2) is 17.9 Å². The summed E-state index contributed by atoms with van der Waals surface area (Å²) < 4.78 is 0. The second-order valence-corrected chi connectivity index (χ2v) is 6.01. The monoisotopic (exact) mass is 312 g/mol. The van der Waals surface area contributed by atoms with E-state index in [2.05, 4.69) is 29.6 Å². The van der Waals surface area contributed by atoms with Crippen molar-refractivity contribution >= 4 is 22.6 Å². The molecule has 2 atom stereocenters. The van der Waals surface area contributed by atoms with Gasteiger partial charge in [-0.15, -0.1) is 0 Å². The summed E-state index contributed by atoms with van der Waals surface area (Å²) in [5.74, 6) is -0.571. The van der Waals surface area contributed by atoms with Gasteiger partial charge in [0, 0.05) is 6.42 Å². The highest BCUT2D eigenvalue weighted by Crippen LogP contribution is 2.16. The summed E-state index contributed by atoms with van der Waals surface area (Å²) in [4.78, 5) is 23.6. The van der Waals surface area contributed by atoms with E-state index in [9.17, 15) is 9.59 Å². The zero-order valence-electron chi connectivity index (χ0n) is 13.7. The summed E-state index contributed by atoms with van der Waals surface area (Å²) in [5.41, 5.74) is 6.49. The van der Waals surface area contributed by atoms with Crippen molar-refractivity contribution < 1.29 is 9.59 Å². The number of hydrogen-bond donors (Lipinski definition) is 2. The Labute approximate surface area is 137 Å². The first-order chi connectivity index (χ1) is 11.0. The molecular weight excluding hydrogens is 288 g/mol. The maximum atomic E-state index is 12.1. The molecule has 0 aliphatic carbocycles. The van der Waals surface area contributed by atoms with Crippen molar-refractivity contribution in [3.8, 4) is 0 Å². The molecule has 0 unspecified atom stereocenters. The zero-order valence-corrected chi connectivity index (χ0v) is 13.7. The number of aryl methyl sites for hydroxylation is 1. The fraction of sp³-hybridized carbons (Fsp3) is 0.368. The number of hydrogen-bond acceptors (Lipinski definition) is 2. The first kappa shape index (κ1) is 17.0. The Morgan fingerprint density at radius 2 is 1.83 bits per heavy atom. The molecule has 2 amide bonds. The summed E-state index contributed by atoms with van der Waals surface area (Å²) in [6, 6.07) is 13.7. The van der Waals surface area contributed by atoms with Crippen molar-refractivity contribution in [3.63, 3.8) is 0 Å². The highest BCUT2D eigenvalue weighted by atomic mass is 16.2. The molecule has 3 N–H and O–H groups in total. The molecule has 0 aliphatic rings. The Hall–Kier alpha value is -2.36. The maximum absolute atomic E-state index is 12.1. The van der Waals surface area contributed by atoms with E-state index >= 15 is 0 Å². The van der Waals surface area contributed by atoms with Gasteiger partial charge in [-0.3, -0.25) is 9.59 Å². The van der Waals surface area contributed by atoms with Crippen LogP contribution in [0.2, 0.25) is 0 Å². The van der Waals surface area contributed by atoms with Crippen LogP contribution in [0.25, 0.3) is 10.8 Å². The molecule has 4 heteroatoms. The predicted molar refractivity (Wildman–Crippen MR) is 92.8 cm³/mol. The smallest absolute Gasteiger partial charge is 0.240 e. The van der Waals surface area contributed by atoms with E-state index in [0.29, 0.717) is 12.8 Å². The molecule has 0 fully saturated rings. The number of amides is 2. The highest BCUT2D eigenvalue weighted by Gasteiger charge is 2.23. The average molecular weight is 312 g/mol. The van der Waals surface area contributed by atoms with Crippen molar-refractivity contribution in [2.75, 3.05) is 0 Å². The molecule has 0 aromatic heterocycles. The van der Waals surface area contributed by atoms with Gasteiger partial charge in [-0.05, 0) is 28.7 Å². The van der Waals surface area contributed by atoms with Gasteiger partial charge in [0.05, 0.1) is 0 Å². The minimum Gasteiger partial charge on any atom is -0.368 e. The largest absolute Gasteiger partial charge is 0.368 e. The number of nitrogens with two attached hydrogens (primary N) is 1. The number of carbonyl (C=O) groups excluding carboxylic acids is 2. The lowest BCUT2D eigenvalue weighted by Gasteiger charge is -2.21. The van der Waals surface area contributed by atoms with E-state index in [1.807, 2.05) is 32.0 Å². The molecule has 122 valence electrons. The van der Waals surface area contributed by atoms with E-state index in [-0.39, 0.29) is 11.8 Å². The second kappa shape index (κ2) is 7.77. The van der Waals surface area contributed by atoms with Crippen LogP contribution >= 0.6 is 0 Å². The Morgan fingerprint density at radius 3 is 2.48 bits per heavy atom. The third-order valence-corrected chi connectivity index (χ3v) is 4.29. The Balaban J connectivity index is 1.95. The lowest BCUT2D eigenvalue weighted by molar-refractivity contribution is -0.128. The summed E-state index contributed by atoms with van der Waals surface area (Å²) in [7, 11) is 0. The van der Waals surface area contributed by atoms with Gasteiger partial charge in [-0.25, -0.2) is 0 Å². The molecule has 0 saturated carbocycles. The third kappa shape index (κ3) is 4.55. The molecule has 0 spiro atoms. The van der Waals surface area contributed by atoms with Crippen molar-refractivity contribution in [1.29, 1.82) is 0 Å². The van der Waals surface area contributed by atoms with Crippen LogP contribution in [-0.2, 0) is 16.0 Å². The minimum absolute atomic E-state index is 0.0390. The van der Waals surface area contributed by atoms with Gasteiger partial charge in [-0.2, -0.15) is 0 Å². The van der Waals surface area contributed by atoms with Crippen LogP contribution in [0, 0.1) is 5.92 Å². The van der Waals surface area contributed by atoms with Gasteiger partial charge in [-0.1, -0.05) is 62.7 Å². The third-order valence-electron chi connectivity index (χ3n) is 4.29. The van der Waals surface area contributed by atoms with Crippen LogP contribution in [0.4, 0.5) is 0 Å². The molecule has 0 heterocycles. The molecule has 0 saturated heterocycles. The Morgan fingerprint density at radius 1 is 1.13 bits per heavy atom. The number of primary amides is 1. The summed E-state index contributed by atoms with van der Waals surface area (Å²) >= 11 is 0. The quantitative estimate of drug-likeness (QED) is 0.825. The summed E-state index contributed by atoms with van der Waals surface area (Å²) in [6.07, 6.45) is 1.78. The molecule has 4 nitrogen and oxygen atoms in total. The van der Waals surface area contributed by atoms with Gasteiger partial charge < -0.3 is 11.1 Å². The minimum atomic E-state index is -0.593. The van der Waals surface area contributed by atoms with Crippen LogP contribution in [0.5, 0.6) is 0 Å². The fourth-order valence-electron chi connectivity index (χ4n) is 2.63. The van der Waals surface area contributed by atoms with E-state index in [1.165, 1.54) is 10.8 Å². The first-order valence-electron chi connectivity index (χ1n) is 8.07.